The number of ether oxygens (including phenoxy) is 1. The van der Waals surface area contributed by atoms with Gasteiger partial charge in [0, 0.05) is 6.61 Å². The first-order valence-electron chi connectivity index (χ1n) is 12.8. The molecule has 2 nitrogen and oxygen atoms in total. The molecule has 2 atom stereocenters. The fourth-order valence-corrected chi connectivity index (χ4v) is 6.09. The molecule has 0 radical (unpaired) electrons. The molecule has 0 spiro atoms. The average molecular weight is 437 g/mol. The lowest BCUT2D eigenvalue weighted by molar-refractivity contribution is 0.117. The van der Waals surface area contributed by atoms with Gasteiger partial charge in [-0.05, 0) is 61.0 Å². The summed E-state index contributed by atoms with van der Waals surface area (Å²) >= 11 is 0. The van der Waals surface area contributed by atoms with E-state index in [-0.39, 0.29) is 11.2 Å². The maximum Gasteiger partial charge on any atom is 0.200 e. The summed E-state index contributed by atoms with van der Waals surface area (Å²) < 4.78 is 35.4. The lowest BCUT2D eigenvalue weighted by Crippen LogP contribution is -2.37. The topological polar surface area (TPSA) is 29.5 Å². The van der Waals surface area contributed by atoms with E-state index >= 15 is 4.39 Å². The molecule has 0 unspecified atom stereocenters. The highest BCUT2D eigenvalue weighted by atomic mass is 19.2. The van der Waals surface area contributed by atoms with E-state index in [0.717, 1.165) is 44.9 Å². The van der Waals surface area contributed by atoms with Crippen LogP contribution in [0.25, 0.3) is 0 Å². The van der Waals surface area contributed by atoms with Gasteiger partial charge in [-0.15, -0.1) is 0 Å². The molecular formula is C27H42F2O2. The Labute approximate surface area is 187 Å². The zero-order chi connectivity index (χ0) is 22.1. The highest BCUT2D eigenvalue weighted by Gasteiger charge is 2.42. The first-order valence-corrected chi connectivity index (χ1v) is 12.8. The third-order valence-electron chi connectivity index (χ3n) is 7.63. The van der Waals surface area contributed by atoms with Crippen molar-refractivity contribution in [2.75, 3.05) is 13.2 Å². The molecule has 2 aliphatic rings. The quantitative estimate of drug-likeness (QED) is 0.321. The molecular weight excluding hydrogens is 394 g/mol. The zero-order valence-electron chi connectivity index (χ0n) is 19.4. The van der Waals surface area contributed by atoms with E-state index in [9.17, 15) is 4.39 Å². The molecule has 176 valence electrons. The SMILES string of the molecule is CC1(c2ccc(OCCCCCCCCCCCO)c(F)c2F)C[C@H]2CCC[C@@H](C2)C1. The van der Waals surface area contributed by atoms with Crippen molar-refractivity contribution in [1.29, 1.82) is 0 Å². The van der Waals surface area contributed by atoms with Crippen LogP contribution in [0, 0.1) is 23.5 Å². The van der Waals surface area contributed by atoms with Crippen molar-refractivity contribution < 1.29 is 18.6 Å². The second-order valence-electron chi connectivity index (χ2n) is 10.4. The van der Waals surface area contributed by atoms with E-state index in [1.807, 2.05) is 0 Å². The Kier molecular flexibility index (Phi) is 9.62. The normalized spacial score (nSPS) is 25.5. The number of fused-ring (bicyclic) bond motifs is 2. The molecule has 31 heavy (non-hydrogen) atoms. The Morgan fingerprint density at radius 2 is 1.45 bits per heavy atom. The second kappa shape index (κ2) is 12.2. The third kappa shape index (κ3) is 6.91. The van der Waals surface area contributed by atoms with E-state index in [4.69, 9.17) is 9.84 Å². The van der Waals surface area contributed by atoms with Gasteiger partial charge in [-0.25, -0.2) is 4.39 Å². The summed E-state index contributed by atoms with van der Waals surface area (Å²) in [6, 6.07) is 3.43. The number of benzene rings is 1. The van der Waals surface area contributed by atoms with Crippen molar-refractivity contribution >= 4 is 0 Å². The summed E-state index contributed by atoms with van der Waals surface area (Å²) in [6.45, 7) is 2.86. The standard InChI is InChI=1S/C27H42F2O2/c1-27(19-21-12-11-13-22(18-21)20-27)23-14-15-24(26(29)25(23)28)31-17-10-8-6-4-2-3-5-7-9-16-30/h14-15,21-22,30H,2-13,16-20H2,1H3/t21-,22-/m0/s1. The molecule has 0 aliphatic heterocycles. The van der Waals surface area contributed by atoms with Gasteiger partial charge in [0.05, 0.1) is 6.61 Å². The first kappa shape index (κ1) is 24.5. The van der Waals surface area contributed by atoms with Crippen molar-refractivity contribution in [2.45, 2.75) is 109 Å². The summed E-state index contributed by atoms with van der Waals surface area (Å²) in [7, 11) is 0. The van der Waals surface area contributed by atoms with Gasteiger partial charge in [-0.2, -0.15) is 4.39 Å². The van der Waals surface area contributed by atoms with E-state index in [1.54, 1.807) is 12.1 Å². The lowest BCUT2D eigenvalue weighted by Gasteiger charge is -2.46. The van der Waals surface area contributed by atoms with Gasteiger partial charge < -0.3 is 9.84 Å². The van der Waals surface area contributed by atoms with E-state index in [2.05, 4.69) is 6.92 Å². The van der Waals surface area contributed by atoms with Crippen LogP contribution in [-0.2, 0) is 5.41 Å². The average Bonchev–Trinajstić information content (AvgIpc) is 2.74. The number of halogens is 2. The third-order valence-corrected chi connectivity index (χ3v) is 7.63. The Balaban J connectivity index is 1.41. The minimum absolute atomic E-state index is 0.0599. The predicted octanol–water partition coefficient (Wildman–Crippen LogP) is 7.70. The lowest BCUT2D eigenvalue weighted by atomic mass is 9.59. The summed E-state index contributed by atoms with van der Waals surface area (Å²) in [6.07, 6.45) is 17.0. The molecule has 4 heteroatoms. The molecule has 2 bridgehead atoms. The number of rotatable bonds is 13. The van der Waals surface area contributed by atoms with E-state index in [1.165, 1.54) is 51.4 Å². The maximum absolute atomic E-state index is 15.0. The Bertz CT molecular complexity index is 663. The molecule has 0 aromatic heterocycles. The van der Waals surface area contributed by atoms with Crippen molar-refractivity contribution in [2.24, 2.45) is 11.8 Å². The number of unbranched alkanes of at least 4 members (excludes halogenated alkanes) is 8. The Hall–Kier alpha value is -1.16. The van der Waals surface area contributed by atoms with Crippen molar-refractivity contribution in [3.8, 4) is 5.75 Å². The molecule has 2 fully saturated rings. The van der Waals surface area contributed by atoms with Gasteiger partial charge in [0.25, 0.3) is 0 Å². The van der Waals surface area contributed by atoms with Gasteiger partial charge in [-0.1, -0.05) is 77.2 Å². The van der Waals surface area contributed by atoms with Gasteiger partial charge in [-0.3, -0.25) is 0 Å². The smallest absolute Gasteiger partial charge is 0.200 e. The van der Waals surface area contributed by atoms with Gasteiger partial charge >= 0.3 is 0 Å². The molecule has 1 aromatic carbocycles. The largest absolute Gasteiger partial charge is 0.490 e. The molecule has 3 rings (SSSR count). The van der Waals surface area contributed by atoms with Crippen molar-refractivity contribution in [1.82, 2.24) is 0 Å². The highest BCUT2D eigenvalue weighted by Crippen LogP contribution is 2.50. The highest BCUT2D eigenvalue weighted by molar-refractivity contribution is 5.36. The van der Waals surface area contributed by atoms with Crippen molar-refractivity contribution in [3.05, 3.63) is 29.3 Å². The van der Waals surface area contributed by atoms with E-state index < -0.39 is 11.6 Å². The van der Waals surface area contributed by atoms with Crippen LogP contribution in [0.4, 0.5) is 8.78 Å². The predicted molar refractivity (Wildman–Crippen MR) is 123 cm³/mol. The molecule has 2 aliphatic carbocycles. The Morgan fingerprint density at radius 3 is 2.06 bits per heavy atom. The fraction of sp³-hybridized carbons (Fsp3) is 0.778. The number of hydrogen-bond acceptors (Lipinski definition) is 2. The van der Waals surface area contributed by atoms with Crippen LogP contribution in [0.3, 0.4) is 0 Å². The number of aliphatic hydroxyl groups is 1. The van der Waals surface area contributed by atoms with Gasteiger partial charge in [0.15, 0.2) is 11.6 Å². The monoisotopic (exact) mass is 436 g/mol. The van der Waals surface area contributed by atoms with Gasteiger partial charge in [0.2, 0.25) is 5.82 Å². The minimum atomic E-state index is -0.808. The van der Waals surface area contributed by atoms with Crippen LogP contribution >= 0.6 is 0 Å². The Morgan fingerprint density at radius 1 is 0.871 bits per heavy atom. The minimum Gasteiger partial charge on any atom is -0.490 e. The van der Waals surface area contributed by atoms with Crippen molar-refractivity contribution in [3.63, 3.8) is 0 Å². The summed E-state index contributed by atoms with van der Waals surface area (Å²) in [5, 5.41) is 8.76. The molecule has 0 saturated heterocycles. The molecule has 0 amide bonds. The van der Waals surface area contributed by atoms with Crippen LogP contribution < -0.4 is 4.74 Å². The van der Waals surface area contributed by atoms with Crippen LogP contribution in [-0.4, -0.2) is 18.3 Å². The van der Waals surface area contributed by atoms with Crippen LogP contribution in [0.2, 0.25) is 0 Å². The maximum atomic E-state index is 15.0. The van der Waals surface area contributed by atoms with Crippen LogP contribution in [0.5, 0.6) is 5.75 Å². The molecule has 1 N–H and O–H groups in total. The van der Waals surface area contributed by atoms with Crippen LogP contribution in [0.1, 0.15) is 109 Å². The summed E-state index contributed by atoms with van der Waals surface area (Å²) in [5.74, 6) is -0.115. The second-order valence-corrected chi connectivity index (χ2v) is 10.4. The number of hydrogen-bond donors (Lipinski definition) is 1. The first-order chi connectivity index (χ1) is 15.0. The molecule has 1 aromatic rings. The summed E-state index contributed by atoms with van der Waals surface area (Å²) in [5.41, 5.74) is 0.295. The zero-order valence-corrected chi connectivity index (χ0v) is 19.4. The van der Waals surface area contributed by atoms with Gasteiger partial charge in [0.1, 0.15) is 0 Å². The van der Waals surface area contributed by atoms with Crippen LogP contribution in [0.15, 0.2) is 12.1 Å². The number of aliphatic hydroxyl groups excluding tert-OH is 1. The molecule has 0 heterocycles. The van der Waals surface area contributed by atoms with E-state index in [0.29, 0.717) is 30.6 Å². The summed E-state index contributed by atoms with van der Waals surface area (Å²) in [4.78, 5) is 0. The molecule has 2 saturated carbocycles. The fourth-order valence-electron chi connectivity index (χ4n) is 6.09.